The number of hydrogen-bond donors (Lipinski definition) is 0. The number of pyridine rings is 1. The molecule has 2 nitrogen and oxygen atoms in total. The standard InChI is InChI=1S/C30H22N2/c1-30(2)26-9-5-3-7-22(26)24-17-29-25(16-27(24)30)23-8-4-6-10-28(23)32(29)21-12-11-20-18-31-14-13-19(20)15-21/h3-18H,1-2H3. The number of para-hydroxylation sites is 1. The highest BCUT2D eigenvalue weighted by molar-refractivity contribution is 6.11. The molecule has 0 radical (unpaired) electrons. The molecule has 0 amide bonds. The van der Waals surface area contributed by atoms with E-state index >= 15 is 0 Å². The van der Waals surface area contributed by atoms with E-state index in [-0.39, 0.29) is 5.41 Å². The highest BCUT2D eigenvalue weighted by atomic mass is 15.0. The van der Waals surface area contributed by atoms with Gasteiger partial charge in [0.05, 0.1) is 11.0 Å². The van der Waals surface area contributed by atoms with Crippen molar-refractivity contribution in [2.45, 2.75) is 19.3 Å². The summed E-state index contributed by atoms with van der Waals surface area (Å²) >= 11 is 0. The van der Waals surface area contributed by atoms with E-state index in [4.69, 9.17) is 0 Å². The van der Waals surface area contributed by atoms with Crippen LogP contribution in [0.3, 0.4) is 0 Å². The van der Waals surface area contributed by atoms with Gasteiger partial charge < -0.3 is 4.57 Å². The average Bonchev–Trinajstić information content (AvgIpc) is 3.27. The van der Waals surface area contributed by atoms with Crippen LogP contribution in [-0.4, -0.2) is 9.55 Å². The topological polar surface area (TPSA) is 17.8 Å². The summed E-state index contributed by atoms with van der Waals surface area (Å²) in [5, 5.41) is 4.98. The molecule has 2 heteroatoms. The number of benzene rings is 4. The van der Waals surface area contributed by atoms with Crippen LogP contribution in [0, 0.1) is 0 Å². The molecular weight excluding hydrogens is 388 g/mol. The fourth-order valence-corrected chi connectivity index (χ4v) is 5.65. The minimum Gasteiger partial charge on any atom is -0.309 e. The van der Waals surface area contributed by atoms with E-state index < -0.39 is 0 Å². The molecule has 1 aliphatic rings. The van der Waals surface area contributed by atoms with Gasteiger partial charge in [-0.25, -0.2) is 0 Å². The predicted molar refractivity (Wildman–Crippen MR) is 134 cm³/mol. The summed E-state index contributed by atoms with van der Waals surface area (Å²) in [6.07, 6.45) is 3.79. The van der Waals surface area contributed by atoms with Crippen molar-refractivity contribution in [2.24, 2.45) is 0 Å². The molecule has 0 saturated carbocycles. The lowest BCUT2D eigenvalue weighted by molar-refractivity contribution is 0.661. The maximum atomic E-state index is 4.27. The van der Waals surface area contributed by atoms with Crippen molar-refractivity contribution in [1.82, 2.24) is 9.55 Å². The van der Waals surface area contributed by atoms with Crippen LogP contribution in [0.25, 0.3) is 49.4 Å². The summed E-state index contributed by atoms with van der Waals surface area (Å²) in [4.78, 5) is 4.27. The maximum Gasteiger partial charge on any atom is 0.0547 e. The average molecular weight is 411 g/mol. The molecule has 0 aliphatic heterocycles. The Bertz CT molecular complexity index is 1700. The zero-order chi connectivity index (χ0) is 21.4. The molecule has 0 atom stereocenters. The Labute approximate surface area is 186 Å². The fraction of sp³-hybridized carbons (Fsp3) is 0.100. The third-order valence-electron chi connectivity index (χ3n) is 7.26. The van der Waals surface area contributed by atoms with Gasteiger partial charge in [-0.2, -0.15) is 0 Å². The van der Waals surface area contributed by atoms with E-state index in [1.54, 1.807) is 0 Å². The molecule has 6 aromatic rings. The Kier molecular flexibility index (Phi) is 3.37. The minimum absolute atomic E-state index is 0.000725. The van der Waals surface area contributed by atoms with Crippen molar-refractivity contribution < 1.29 is 0 Å². The second-order valence-electron chi connectivity index (χ2n) is 9.35. The van der Waals surface area contributed by atoms with Crippen LogP contribution < -0.4 is 0 Å². The number of nitrogens with zero attached hydrogens (tertiary/aromatic N) is 2. The first-order valence-corrected chi connectivity index (χ1v) is 11.1. The first-order chi connectivity index (χ1) is 15.6. The van der Waals surface area contributed by atoms with Crippen molar-refractivity contribution in [1.29, 1.82) is 0 Å². The largest absolute Gasteiger partial charge is 0.309 e. The summed E-state index contributed by atoms with van der Waals surface area (Å²) in [6.45, 7) is 4.69. The predicted octanol–water partition coefficient (Wildman–Crippen LogP) is 7.64. The van der Waals surface area contributed by atoms with Crippen LogP contribution in [-0.2, 0) is 5.41 Å². The van der Waals surface area contributed by atoms with Gasteiger partial charge in [-0.15, -0.1) is 0 Å². The molecule has 0 unspecified atom stereocenters. The number of aromatic nitrogens is 2. The first-order valence-electron chi connectivity index (χ1n) is 11.1. The Balaban J connectivity index is 1.62. The zero-order valence-corrected chi connectivity index (χ0v) is 18.1. The molecule has 32 heavy (non-hydrogen) atoms. The lowest BCUT2D eigenvalue weighted by atomic mass is 9.82. The van der Waals surface area contributed by atoms with Gasteiger partial charge in [-0.1, -0.05) is 62.4 Å². The summed E-state index contributed by atoms with van der Waals surface area (Å²) in [6, 6.07) is 31.2. The third-order valence-corrected chi connectivity index (χ3v) is 7.26. The molecule has 0 spiro atoms. The van der Waals surface area contributed by atoms with E-state index in [0.717, 1.165) is 5.39 Å². The molecule has 4 aromatic carbocycles. The normalized spacial score (nSPS) is 14.2. The highest BCUT2D eigenvalue weighted by Crippen LogP contribution is 2.50. The zero-order valence-electron chi connectivity index (χ0n) is 18.1. The van der Waals surface area contributed by atoms with E-state index in [9.17, 15) is 0 Å². The number of rotatable bonds is 1. The molecule has 2 heterocycles. The summed E-state index contributed by atoms with van der Waals surface area (Å²) in [7, 11) is 0. The lowest BCUT2D eigenvalue weighted by Crippen LogP contribution is -2.14. The molecule has 2 aromatic heterocycles. The summed E-state index contributed by atoms with van der Waals surface area (Å²) < 4.78 is 2.42. The van der Waals surface area contributed by atoms with Crippen molar-refractivity contribution in [3.63, 3.8) is 0 Å². The van der Waals surface area contributed by atoms with E-state index in [2.05, 4.69) is 108 Å². The second-order valence-corrected chi connectivity index (χ2v) is 9.35. The smallest absolute Gasteiger partial charge is 0.0547 e. The Morgan fingerprint density at radius 3 is 2.44 bits per heavy atom. The van der Waals surface area contributed by atoms with Crippen LogP contribution >= 0.6 is 0 Å². The minimum atomic E-state index is -0.000725. The number of fused-ring (bicyclic) bond motifs is 7. The first kappa shape index (κ1) is 17.7. The molecule has 7 rings (SSSR count). The van der Waals surface area contributed by atoms with Crippen molar-refractivity contribution >= 4 is 32.6 Å². The van der Waals surface area contributed by atoms with Gasteiger partial charge in [0, 0.05) is 39.7 Å². The van der Waals surface area contributed by atoms with Crippen molar-refractivity contribution in [3.05, 3.63) is 108 Å². The van der Waals surface area contributed by atoms with Gasteiger partial charge in [0.1, 0.15) is 0 Å². The third kappa shape index (κ3) is 2.22. The van der Waals surface area contributed by atoms with E-state index in [0.29, 0.717) is 0 Å². The van der Waals surface area contributed by atoms with Crippen LogP contribution in [0.5, 0.6) is 0 Å². The Morgan fingerprint density at radius 2 is 1.50 bits per heavy atom. The molecular formula is C30H22N2. The van der Waals surface area contributed by atoms with Gasteiger partial charge in [-0.3, -0.25) is 4.98 Å². The maximum absolute atomic E-state index is 4.27. The van der Waals surface area contributed by atoms with Gasteiger partial charge in [-0.05, 0) is 64.0 Å². The molecule has 0 fully saturated rings. The van der Waals surface area contributed by atoms with Gasteiger partial charge in [0.25, 0.3) is 0 Å². The van der Waals surface area contributed by atoms with Gasteiger partial charge in [0.15, 0.2) is 0 Å². The van der Waals surface area contributed by atoms with E-state index in [1.165, 1.54) is 55.1 Å². The number of hydrogen-bond acceptors (Lipinski definition) is 1. The quantitative estimate of drug-likeness (QED) is 0.272. The van der Waals surface area contributed by atoms with Crippen molar-refractivity contribution in [2.75, 3.05) is 0 Å². The highest BCUT2D eigenvalue weighted by Gasteiger charge is 2.36. The lowest BCUT2D eigenvalue weighted by Gasteiger charge is -2.21. The molecule has 152 valence electrons. The second kappa shape index (κ2) is 6.08. The summed E-state index contributed by atoms with van der Waals surface area (Å²) in [5.74, 6) is 0. The van der Waals surface area contributed by atoms with Crippen LogP contribution in [0.1, 0.15) is 25.0 Å². The summed E-state index contributed by atoms with van der Waals surface area (Å²) in [5.41, 5.74) is 9.22. The molecule has 1 aliphatic carbocycles. The van der Waals surface area contributed by atoms with Gasteiger partial charge >= 0.3 is 0 Å². The van der Waals surface area contributed by atoms with Crippen LogP contribution in [0.2, 0.25) is 0 Å². The molecule has 0 N–H and O–H groups in total. The van der Waals surface area contributed by atoms with Crippen LogP contribution in [0.4, 0.5) is 0 Å². The Morgan fingerprint density at radius 1 is 0.656 bits per heavy atom. The van der Waals surface area contributed by atoms with Crippen LogP contribution in [0.15, 0.2) is 97.3 Å². The monoisotopic (exact) mass is 410 g/mol. The molecule has 0 bridgehead atoms. The van der Waals surface area contributed by atoms with E-state index in [1.807, 2.05) is 12.4 Å². The SMILES string of the molecule is CC1(C)c2ccccc2-c2cc3c(cc21)c1ccccc1n3-c1ccc2cnccc2c1. The Hall–Kier alpha value is -3.91. The van der Waals surface area contributed by atoms with Crippen molar-refractivity contribution in [3.8, 4) is 16.8 Å². The molecule has 0 saturated heterocycles. The fourth-order valence-electron chi connectivity index (χ4n) is 5.65. The van der Waals surface area contributed by atoms with Gasteiger partial charge in [0.2, 0.25) is 0 Å².